The second-order valence-corrected chi connectivity index (χ2v) is 16.6. The molecule has 9 nitrogen and oxygen atoms in total. The van der Waals surface area contributed by atoms with Gasteiger partial charge in [-0.15, -0.1) is 0 Å². The lowest BCUT2D eigenvalue weighted by molar-refractivity contribution is -0.148. The molecule has 0 bridgehead atoms. The summed E-state index contributed by atoms with van der Waals surface area (Å²) in [6.07, 6.45) is 8.11. The summed E-state index contributed by atoms with van der Waals surface area (Å²) < 4.78 is 5.97. The number of likely N-dealkylation sites (N-methyl/N-ethyl adjacent to an activating group) is 1. The molecule has 4 saturated heterocycles. The molecule has 6 fully saturated rings. The van der Waals surface area contributed by atoms with Crippen LogP contribution in [-0.4, -0.2) is 132 Å². The topological polar surface area (TPSA) is 76.6 Å². The van der Waals surface area contributed by atoms with E-state index in [9.17, 15) is 14.4 Å². The third kappa shape index (κ3) is 7.10. The van der Waals surface area contributed by atoms with Gasteiger partial charge in [-0.2, -0.15) is 0 Å². The monoisotopic (exact) mass is 667 g/mol. The molecule has 6 aliphatic rings. The smallest absolute Gasteiger partial charge is 0.252 e. The molecule has 4 heterocycles. The lowest BCUT2D eigenvalue weighted by atomic mass is 9.75. The number of amides is 3. The predicted molar refractivity (Wildman–Crippen MR) is 182 cm³/mol. The average molecular weight is 668 g/mol. The second kappa shape index (κ2) is 13.6. The van der Waals surface area contributed by atoms with Crippen LogP contribution in [0, 0.1) is 11.3 Å². The third-order valence-corrected chi connectivity index (χ3v) is 12.5. The van der Waals surface area contributed by atoms with Crippen molar-refractivity contribution in [3.63, 3.8) is 0 Å². The molecule has 10 heteroatoms. The normalized spacial score (nSPS) is 32.2. The fourth-order valence-electron chi connectivity index (χ4n) is 9.07. The van der Waals surface area contributed by atoms with E-state index in [1.807, 2.05) is 21.9 Å². The molecule has 1 unspecified atom stereocenters. The largest absolute Gasteiger partial charge is 0.368 e. The van der Waals surface area contributed by atoms with Crippen molar-refractivity contribution in [3.8, 4) is 0 Å². The van der Waals surface area contributed by atoms with Crippen molar-refractivity contribution < 1.29 is 19.1 Å². The van der Waals surface area contributed by atoms with Crippen LogP contribution >= 0.6 is 11.6 Å². The molecule has 1 aromatic rings. The molecule has 3 amide bonds. The van der Waals surface area contributed by atoms with Crippen LogP contribution in [0.5, 0.6) is 0 Å². The number of hydrogen-bond donors (Lipinski definition) is 0. The first-order valence-corrected chi connectivity index (χ1v) is 18.7. The maximum atomic E-state index is 15.0. The lowest BCUT2D eigenvalue weighted by Gasteiger charge is -2.43. The Morgan fingerprint density at radius 3 is 2.21 bits per heavy atom. The van der Waals surface area contributed by atoms with Gasteiger partial charge < -0.3 is 24.3 Å². The standard InChI is InChI=1S/C37H54ClN5O4/c1-37(2)14-12-28(13-15-37)43(36(46)33-5-4-20-47-33)29-21-32(35(45)40-18-16-39(3)17-19-40)42(22-29)34(44)31-24-41(27-10-11-27)23-30(31)25-6-8-26(38)9-7-25/h6-9,27-33H,4-5,10-24H2,1-3H3/t29-,30-,31+,32+,33?/m0/s1. The molecular formula is C37H54ClN5O4. The van der Waals surface area contributed by atoms with Gasteiger partial charge in [0.25, 0.3) is 5.91 Å². The minimum Gasteiger partial charge on any atom is -0.368 e. The van der Waals surface area contributed by atoms with Crippen molar-refractivity contribution in [1.29, 1.82) is 0 Å². The first kappa shape index (κ1) is 33.3. The van der Waals surface area contributed by atoms with Crippen LogP contribution in [0.3, 0.4) is 0 Å². The molecule has 4 aliphatic heterocycles. The predicted octanol–water partition coefficient (Wildman–Crippen LogP) is 4.24. The zero-order chi connectivity index (χ0) is 32.9. The van der Waals surface area contributed by atoms with E-state index in [1.54, 1.807) is 0 Å². The number of halogens is 1. The molecule has 0 aromatic heterocycles. The van der Waals surface area contributed by atoms with E-state index in [0.29, 0.717) is 50.3 Å². The maximum Gasteiger partial charge on any atom is 0.252 e. The number of nitrogens with zero attached hydrogens (tertiary/aromatic N) is 5. The van der Waals surface area contributed by atoms with Crippen molar-refractivity contribution >= 4 is 29.3 Å². The Hall–Kier alpha value is -2.20. The summed E-state index contributed by atoms with van der Waals surface area (Å²) in [5, 5.41) is 0.691. The quantitative estimate of drug-likeness (QED) is 0.433. The van der Waals surface area contributed by atoms with Crippen LogP contribution in [-0.2, 0) is 19.1 Å². The van der Waals surface area contributed by atoms with Crippen LogP contribution in [0.15, 0.2) is 24.3 Å². The van der Waals surface area contributed by atoms with E-state index in [1.165, 1.54) is 12.8 Å². The second-order valence-electron chi connectivity index (χ2n) is 16.1. The van der Waals surface area contributed by atoms with Gasteiger partial charge in [-0.1, -0.05) is 37.6 Å². The highest BCUT2D eigenvalue weighted by molar-refractivity contribution is 6.30. The van der Waals surface area contributed by atoms with Gasteiger partial charge in [0.15, 0.2) is 0 Å². The van der Waals surface area contributed by atoms with Crippen molar-refractivity contribution in [3.05, 3.63) is 34.9 Å². The van der Waals surface area contributed by atoms with Gasteiger partial charge in [-0.25, -0.2) is 0 Å². The van der Waals surface area contributed by atoms with Crippen LogP contribution in [0.2, 0.25) is 5.02 Å². The minimum absolute atomic E-state index is 0.0448. The van der Waals surface area contributed by atoms with Crippen molar-refractivity contribution in [2.75, 3.05) is 59.5 Å². The Kier molecular flexibility index (Phi) is 9.64. The SMILES string of the molecule is CN1CCN(C(=O)[C@H]2C[C@H](N(C(=O)C3CCCO3)C3CCC(C)(C)CC3)CN2C(=O)[C@@H]2CN(C3CC3)C[C@H]2c2ccc(Cl)cc2)CC1. The first-order chi connectivity index (χ1) is 22.6. The Labute approximate surface area is 285 Å². The van der Waals surface area contributed by atoms with E-state index in [2.05, 4.69) is 47.7 Å². The number of benzene rings is 1. The molecule has 5 atom stereocenters. The Balaban J connectivity index is 1.19. The summed E-state index contributed by atoms with van der Waals surface area (Å²) in [6.45, 7) is 10.2. The average Bonchev–Trinajstić information content (AvgIpc) is 3.42. The zero-order valence-corrected chi connectivity index (χ0v) is 29.4. The van der Waals surface area contributed by atoms with Crippen molar-refractivity contribution in [1.82, 2.24) is 24.5 Å². The van der Waals surface area contributed by atoms with Crippen molar-refractivity contribution in [2.24, 2.45) is 11.3 Å². The van der Waals surface area contributed by atoms with Crippen LogP contribution < -0.4 is 0 Å². The number of likely N-dealkylation sites (tertiary alicyclic amines) is 2. The lowest BCUT2D eigenvalue weighted by Crippen LogP contribution is -2.54. The van der Waals surface area contributed by atoms with E-state index in [4.69, 9.17) is 16.3 Å². The molecule has 2 aliphatic carbocycles. The molecule has 1 aromatic carbocycles. The highest BCUT2D eigenvalue weighted by atomic mass is 35.5. The Morgan fingerprint density at radius 1 is 0.872 bits per heavy atom. The van der Waals surface area contributed by atoms with E-state index >= 15 is 0 Å². The summed E-state index contributed by atoms with van der Waals surface area (Å²) in [7, 11) is 2.09. The molecule has 0 spiro atoms. The molecule has 0 N–H and O–H groups in total. The summed E-state index contributed by atoms with van der Waals surface area (Å²) in [4.78, 5) is 54.4. The summed E-state index contributed by atoms with van der Waals surface area (Å²) in [6, 6.07) is 7.87. The van der Waals surface area contributed by atoms with Gasteiger partial charge >= 0.3 is 0 Å². The molecule has 258 valence electrons. The molecule has 7 rings (SSSR count). The number of rotatable bonds is 7. The number of ether oxygens (including phenoxy) is 1. The summed E-state index contributed by atoms with van der Waals surface area (Å²) >= 11 is 6.27. The Morgan fingerprint density at radius 2 is 1.57 bits per heavy atom. The highest BCUT2D eigenvalue weighted by Crippen LogP contribution is 2.43. The van der Waals surface area contributed by atoms with Gasteiger partial charge in [0.1, 0.15) is 12.1 Å². The van der Waals surface area contributed by atoms with Gasteiger partial charge in [0.2, 0.25) is 11.8 Å². The Bertz CT molecular complexity index is 1300. The van der Waals surface area contributed by atoms with Crippen LogP contribution in [0.25, 0.3) is 0 Å². The van der Waals surface area contributed by atoms with Crippen LogP contribution in [0.4, 0.5) is 0 Å². The van der Waals surface area contributed by atoms with Gasteiger partial charge in [-0.3, -0.25) is 19.3 Å². The molecule has 2 saturated carbocycles. The van der Waals surface area contributed by atoms with Gasteiger partial charge in [-0.05, 0) is 87.9 Å². The van der Waals surface area contributed by atoms with E-state index in [0.717, 1.165) is 63.7 Å². The number of hydrogen-bond acceptors (Lipinski definition) is 6. The fourth-order valence-corrected chi connectivity index (χ4v) is 9.20. The van der Waals surface area contributed by atoms with E-state index < -0.39 is 12.1 Å². The number of piperazine rings is 1. The van der Waals surface area contributed by atoms with Crippen LogP contribution in [0.1, 0.15) is 83.1 Å². The van der Waals surface area contributed by atoms with Crippen molar-refractivity contribution in [2.45, 2.75) is 108 Å². The van der Waals surface area contributed by atoms with Gasteiger partial charge in [0.05, 0.1) is 12.0 Å². The highest BCUT2D eigenvalue weighted by Gasteiger charge is 2.52. The summed E-state index contributed by atoms with van der Waals surface area (Å²) in [5.74, 6) is -0.0158. The maximum absolute atomic E-state index is 15.0. The molecular weight excluding hydrogens is 614 g/mol. The first-order valence-electron chi connectivity index (χ1n) is 18.3. The van der Waals surface area contributed by atoms with E-state index in [-0.39, 0.29) is 47.1 Å². The minimum atomic E-state index is -0.559. The zero-order valence-electron chi connectivity index (χ0n) is 28.6. The number of carbonyl (C=O) groups is 3. The summed E-state index contributed by atoms with van der Waals surface area (Å²) in [5.41, 5.74) is 1.40. The number of carbonyl (C=O) groups excluding carboxylic acids is 3. The third-order valence-electron chi connectivity index (χ3n) is 12.2. The molecule has 47 heavy (non-hydrogen) atoms. The molecule has 0 radical (unpaired) electrons. The van der Waals surface area contributed by atoms with Gasteiger partial charge in [0, 0.05) is 75.4 Å². The fraction of sp³-hybridized carbons (Fsp3) is 0.757.